The minimum Gasteiger partial charge on any atom is -0.339 e. The monoisotopic (exact) mass is 370 g/mol. The van der Waals surface area contributed by atoms with E-state index >= 15 is 0 Å². The zero-order valence-electron chi connectivity index (χ0n) is 16.0. The van der Waals surface area contributed by atoms with E-state index in [2.05, 4.69) is 34.5 Å². The van der Waals surface area contributed by atoms with Crippen molar-refractivity contribution in [2.45, 2.75) is 31.7 Å². The molecule has 6 nitrogen and oxygen atoms in total. The highest BCUT2D eigenvalue weighted by Crippen LogP contribution is 2.32. The largest absolute Gasteiger partial charge is 0.339 e. The van der Waals surface area contributed by atoms with Gasteiger partial charge in [-0.05, 0) is 24.8 Å². The zero-order valence-corrected chi connectivity index (χ0v) is 16.0. The Morgan fingerprint density at radius 3 is 2.52 bits per heavy atom. The van der Waals surface area contributed by atoms with Crippen LogP contribution in [0.25, 0.3) is 0 Å². The summed E-state index contributed by atoms with van der Waals surface area (Å²) in [6.07, 6.45) is 3.95. The van der Waals surface area contributed by atoms with Gasteiger partial charge in [0.1, 0.15) is 0 Å². The fraction of sp³-hybridized carbons (Fsp3) is 0.619. The molecule has 1 aromatic rings. The Morgan fingerprint density at radius 2 is 1.81 bits per heavy atom. The second-order valence-electron chi connectivity index (χ2n) is 8.10. The summed E-state index contributed by atoms with van der Waals surface area (Å²) in [5, 5.41) is 3.06. The fourth-order valence-electron chi connectivity index (χ4n) is 4.13. The number of urea groups is 1. The third-order valence-corrected chi connectivity index (χ3v) is 5.99. The first-order valence-corrected chi connectivity index (χ1v) is 10.3. The van der Waals surface area contributed by atoms with Crippen LogP contribution in [0.3, 0.4) is 0 Å². The van der Waals surface area contributed by atoms with E-state index in [-0.39, 0.29) is 17.9 Å². The van der Waals surface area contributed by atoms with E-state index < -0.39 is 0 Å². The first kappa shape index (κ1) is 18.3. The summed E-state index contributed by atoms with van der Waals surface area (Å²) < 4.78 is 0. The van der Waals surface area contributed by atoms with E-state index in [1.807, 2.05) is 15.9 Å². The molecule has 27 heavy (non-hydrogen) atoms. The van der Waals surface area contributed by atoms with Gasteiger partial charge in [0.15, 0.2) is 0 Å². The Hall–Kier alpha value is -2.08. The zero-order chi connectivity index (χ0) is 18.6. The number of nitrogens with zero attached hydrogens (tertiary/aromatic N) is 3. The molecule has 2 heterocycles. The van der Waals surface area contributed by atoms with Crippen molar-refractivity contribution >= 4 is 11.9 Å². The normalized spacial score (nSPS) is 23.7. The number of rotatable bonds is 6. The summed E-state index contributed by atoms with van der Waals surface area (Å²) in [6, 6.07) is 11.1. The Kier molecular flexibility index (Phi) is 5.62. The Labute approximate surface area is 161 Å². The third kappa shape index (κ3) is 4.80. The topological polar surface area (TPSA) is 55.9 Å². The summed E-state index contributed by atoms with van der Waals surface area (Å²) in [6.45, 7) is 5.88. The maximum absolute atomic E-state index is 12.4. The molecule has 0 spiro atoms. The molecule has 0 aromatic heterocycles. The van der Waals surface area contributed by atoms with Crippen LogP contribution in [-0.4, -0.2) is 78.5 Å². The standard InChI is InChI=1S/C21H30N4O2/c26-20-14-18(16-25(20)19-6-7-19)15-22-21(27)24-12-10-23(11-13-24)9-8-17-4-2-1-3-5-17/h1-5,18-19H,6-16H2,(H,22,27)/t18-/m0/s1. The Bertz CT molecular complexity index is 653. The second kappa shape index (κ2) is 8.30. The second-order valence-corrected chi connectivity index (χ2v) is 8.10. The van der Waals surface area contributed by atoms with Crippen LogP contribution >= 0.6 is 0 Å². The molecule has 1 saturated carbocycles. The van der Waals surface area contributed by atoms with Gasteiger partial charge < -0.3 is 15.1 Å². The van der Waals surface area contributed by atoms with Crippen LogP contribution in [0.5, 0.6) is 0 Å². The highest BCUT2D eigenvalue weighted by Gasteiger charge is 2.39. The van der Waals surface area contributed by atoms with Gasteiger partial charge >= 0.3 is 6.03 Å². The smallest absolute Gasteiger partial charge is 0.317 e. The van der Waals surface area contributed by atoms with Crippen molar-refractivity contribution in [1.82, 2.24) is 20.0 Å². The molecule has 3 fully saturated rings. The van der Waals surface area contributed by atoms with E-state index in [1.165, 1.54) is 5.56 Å². The highest BCUT2D eigenvalue weighted by atomic mass is 16.2. The highest BCUT2D eigenvalue weighted by molar-refractivity contribution is 5.79. The number of carbonyl (C=O) groups is 2. The molecule has 2 aliphatic heterocycles. The average Bonchev–Trinajstić information content (AvgIpc) is 3.48. The molecule has 1 atom stereocenters. The SMILES string of the molecule is O=C(NC[C@@H]1CC(=O)N(C2CC2)C1)N1CCN(CCc2ccccc2)CC1. The minimum absolute atomic E-state index is 0.0232. The predicted octanol–water partition coefficient (Wildman–Crippen LogP) is 1.57. The number of piperazine rings is 1. The summed E-state index contributed by atoms with van der Waals surface area (Å²) >= 11 is 0. The Morgan fingerprint density at radius 1 is 1.07 bits per heavy atom. The van der Waals surface area contributed by atoms with Gasteiger partial charge in [-0.3, -0.25) is 9.69 Å². The molecule has 2 saturated heterocycles. The number of hydrogen-bond acceptors (Lipinski definition) is 3. The Balaban J connectivity index is 1.14. The van der Waals surface area contributed by atoms with Gasteiger partial charge in [0.2, 0.25) is 5.91 Å². The molecule has 3 amide bonds. The van der Waals surface area contributed by atoms with Gasteiger partial charge in [0.05, 0.1) is 0 Å². The molecule has 146 valence electrons. The summed E-state index contributed by atoms with van der Waals surface area (Å²) in [4.78, 5) is 30.8. The summed E-state index contributed by atoms with van der Waals surface area (Å²) in [7, 11) is 0. The van der Waals surface area contributed by atoms with Crippen LogP contribution in [0.15, 0.2) is 30.3 Å². The molecule has 1 aromatic carbocycles. The van der Waals surface area contributed by atoms with E-state index in [9.17, 15) is 9.59 Å². The molecule has 0 bridgehead atoms. The van der Waals surface area contributed by atoms with Crippen molar-refractivity contribution in [2.24, 2.45) is 5.92 Å². The van der Waals surface area contributed by atoms with Crippen molar-refractivity contribution in [3.63, 3.8) is 0 Å². The van der Waals surface area contributed by atoms with Crippen LogP contribution in [0.1, 0.15) is 24.8 Å². The van der Waals surface area contributed by atoms with Crippen LogP contribution < -0.4 is 5.32 Å². The van der Waals surface area contributed by atoms with Crippen LogP contribution in [0.4, 0.5) is 4.79 Å². The number of nitrogens with one attached hydrogen (secondary N) is 1. The maximum atomic E-state index is 12.4. The maximum Gasteiger partial charge on any atom is 0.317 e. The lowest BCUT2D eigenvalue weighted by atomic mass is 10.1. The average molecular weight is 370 g/mol. The van der Waals surface area contributed by atoms with E-state index in [4.69, 9.17) is 0 Å². The van der Waals surface area contributed by atoms with Crippen molar-refractivity contribution in [1.29, 1.82) is 0 Å². The van der Waals surface area contributed by atoms with Gasteiger partial charge in [-0.25, -0.2) is 4.79 Å². The quantitative estimate of drug-likeness (QED) is 0.827. The number of amides is 3. The molecule has 0 unspecified atom stereocenters. The molecule has 6 heteroatoms. The summed E-state index contributed by atoms with van der Waals surface area (Å²) in [5.74, 6) is 0.540. The minimum atomic E-state index is 0.0232. The van der Waals surface area contributed by atoms with Crippen molar-refractivity contribution in [3.8, 4) is 0 Å². The lowest BCUT2D eigenvalue weighted by Gasteiger charge is -2.34. The van der Waals surface area contributed by atoms with E-state index in [0.29, 0.717) is 19.0 Å². The van der Waals surface area contributed by atoms with Gasteiger partial charge in [0.25, 0.3) is 0 Å². The molecule has 1 N–H and O–H groups in total. The van der Waals surface area contributed by atoms with Gasteiger partial charge in [-0.2, -0.15) is 0 Å². The first-order valence-electron chi connectivity index (χ1n) is 10.3. The molecule has 3 aliphatic rings. The molecular weight excluding hydrogens is 340 g/mol. The van der Waals surface area contributed by atoms with Gasteiger partial charge in [-0.1, -0.05) is 30.3 Å². The van der Waals surface area contributed by atoms with E-state index in [0.717, 1.165) is 58.5 Å². The predicted molar refractivity (Wildman–Crippen MR) is 104 cm³/mol. The number of carbonyl (C=O) groups excluding carboxylic acids is 2. The molecule has 1 aliphatic carbocycles. The summed E-state index contributed by atoms with van der Waals surface area (Å²) in [5.41, 5.74) is 1.36. The molecular formula is C21H30N4O2. The third-order valence-electron chi connectivity index (χ3n) is 5.99. The van der Waals surface area contributed by atoms with Gasteiger partial charge in [-0.15, -0.1) is 0 Å². The van der Waals surface area contributed by atoms with Crippen LogP contribution in [0.2, 0.25) is 0 Å². The first-order chi connectivity index (χ1) is 13.2. The number of hydrogen-bond donors (Lipinski definition) is 1. The number of likely N-dealkylation sites (tertiary alicyclic amines) is 1. The van der Waals surface area contributed by atoms with Crippen LogP contribution in [-0.2, 0) is 11.2 Å². The number of benzene rings is 1. The molecule has 4 rings (SSSR count). The lowest BCUT2D eigenvalue weighted by Crippen LogP contribution is -2.52. The van der Waals surface area contributed by atoms with E-state index in [1.54, 1.807) is 0 Å². The van der Waals surface area contributed by atoms with Crippen molar-refractivity contribution in [3.05, 3.63) is 35.9 Å². The van der Waals surface area contributed by atoms with Crippen molar-refractivity contribution < 1.29 is 9.59 Å². The van der Waals surface area contributed by atoms with Crippen molar-refractivity contribution in [2.75, 3.05) is 45.8 Å². The molecule has 0 radical (unpaired) electrons. The van der Waals surface area contributed by atoms with Crippen LogP contribution in [0, 0.1) is 5.92 Å². The van der Waals surface area contributed by atoms with Gasteiger partial charge in [0, 0.05) is 64.2 Å². The lowest BCUT2D eigenvalue weighted by molar-refractivity contribution is -0.128. The fourth-order valence-corrected chi connectivity index (χ4v) is 4.13.